The van der Waals surface area contributed by atoms with Crippen molar-refractivity contribution in [1.82, 2.24) is 9.80 Å². The van der Waals surface area contributed by atoms with Gasteiger partial charge in [0.2, 0.25) is 0 Å². The Bertz CT molecular complexity index is 464. The monoisotopic (exact) mass is 296 g/mol. The minimum absolute atomic E-state index is 1.01. The topological polar surface area (TPSA) is 6.48 Å². The average molecular weight is 296 g/mol. The predicted octanol–water partition coefficient (Wildman–Crippen LogP) is 4.03. The van der Waals surface area contributed by atoms with E-state index >= 15 is 0 Å². The fraction of sp³-hybridized carbons (Fsp3) is 0.400. The highest BCUT2D eigenvalue weighted by atomic mass is 15.2. The van der Waals surface area contributed by atoms with Crippen molar-refractivity contribution in [2.24, 2.45) is 0 Å². The lowest BCUT2D eigenvalue weighted by Gasteiger charge is -2.26. The lowest BCUT2D eigenvalue weighted by atomic mass is 10.1. The highest BCUT2D eigenvalue weighted by Gasteiger charge is 2.09. The molecule has 0 amide bonds. The smallest absolute Gasteiger partial charge is 0.0237 e. The minimum Gasteiger partial charge on any atom is -0.303 e. The van der Waals surface area contributed by atoms with E-state index in [2.05, 4.69) is 84.3 Å². The van der Waals surface area contributed by atoms with E-state index in [1.165, 1.54) is 11.1 Å². The van der Waals surface area contributed by atoms with Crippen LogP contribution in [0.1, 0.15) is 25.0 Å². The second kappa shape index (κ2) is 9.39. The summed E-state index contributed by atoms with van der Waals surface area (Å²) in [5, 5.41) is 0. The summed E-state index contributed by atoms with van der Waals surface area (Å²) >= 11 is 0. The van der Waals surface area contributed by atoms with E-state index in [1.54, 1.807) is 0 Å². The third kappa shape index (κ3) is 5.63. The van der Waals surface area contributed by atoms with E-state index in [0.717, 1.165) is 39.3 Å². The molecule has 2 nitrogen and oxygen atoms in total. The maximum absolute atomic E-state index is 2.54. The summed E-state index contributed by atoms with van der Waals surface area (Å²) in [5.41, 5.74) is 2.77. The van der Waals surface area contributed by atoms with Crippen LogP contribution < -0.4 is 0 Å². The van der Waals surface area contributed by atoms with Gasteiger partial charge in [0, 0.05) is 26.2 Å². The zero-order chi connectivity index (χ0) is 15.6. The second-order valence-corrected chi connectivity index (χ2v) is 5.71. The largest absolute Gasteiger partial charge is 0.303 e. The van der Waals surface area contributed by atoms with E-state index < -0.39 is 0 Å². The van der Waals surface area contributed by atoms with Gasteiger partial charge in [-0.25, -0.2) is 0 Å². The van der Waals surface area contributed by atoms with Gasteiger partial charge in [-0.05, 0) is 24.2 Å². The maximum atomic E-state index is 2.54. The SMILES string of the molecule is CCN(CC)CCN(Cc1ccccc1)Cc1ccccc1. The van der Waals surface area contributed by atoms with Crippen LogP contribution in [0.2, 0.25) is 0 Å². The van der Waals surface area contributed by atoms with E-state index in [4.69, 9.17) is 0 Å². The van der Waals surface area contributed by atoms with E-state index in [-0.39, 0.29) is 0 Å². The third-order valence-electron chi connectivity index (χ3n) is 4.12. The molecule has 0 saturated carbocycles. The quantitative estimate of drug-likeness (QED) is 0.689. The number of hydrogen-bond donors (Lipinski definition) is 0. The van der Waals surface area contributed by atoms with Crippen molar-refractivity contribution >= 4 is 0 Å². The molecule has 0 bridgehead atoms. The molecule has 0 atom stereocenters. The molecule has 0 N–H and O–H groups in total. The molecule has 0 radical (unpaired) electrons. The summed E-state index contributed by atoms with van der Waals surface area (Å²) in [7, 11) is 0. The molecule has 0 fully saturated rings. The lowest BCUT2D eigenvalue weighted by Crippen LogP contribution is -2.34. The Morgan fingerprint density at radius 1 is 0.591 bits per heavy atom. The van der Waals surface area contributed by atoms with Gasteiger partial charge >= 0.3 is 0 Å². The molecule has 22 heavy (non-hydrogen) atoms. The summed E-state index contributed by atoms with van der Waals surface area (Å²) in [6.45, 7) is 11.0. The first-order valence-corrected chi connectivity index (χ1v) is 8.34. The van der Waals surface area contributed by atoms with Crippen LogP contribution in [-0.4, -0.2) is 36.0 Å². The molecule has 2 aromatic carbocycles. The molecule has 0 heterocycles. The fourth-order valence-electron chi connectivity index (χ4n) is 2.72. The first-order valence-electron chi connectivity index (χ1n) is 8.34. The van der Waals surface area contributed by atoms with Crippen LogP contribution in [0.15, 0.2) is 60.7 Å². The van der Waals surface area contributed by atoms with Gasteiger partial charge in [0.25, 0.3) is 0 Å². The molecule has 118 valence electrons. The Kier molecular flexibility index (Phi) is 7.14. The number of hydrogen-bond acceptors (Lipinski definition) is 2. The zero-order valence-corrected chi connectivity index (χ0v) is 13.9. The first kappa shape index (κ1) is 16.7. The third-order valence-corrected chi connectivity index (χ3v) is 4.12. The van der Waals surface area contributed by atoms with Gasteiger partial charge in [-0.3, -0.25) is 4.90 Å². The van der Waals surface area contributed by atoms with Crippen LogP contribution in [0.25, 0.3) is 0 Å². The van der Waals surface area contributed by atoms with Crippen LogP contribution in [0.3, 0.4) is 0 Å². The molecule has 0 spiro atoms. The molecule has 2 heteroatoms. The molecule has 0 aromatic heterocycles. The Morgan fingerprint density at radius 2 is 1.00 bits per heavy atom. The second-order valence-electron chi connectivity index (χ2n) is 5.71. The van der Waals surface area contributed by atoms with Crippen LogP contribution in [0, 0.1) is 0 Å². The Labute approximate surface area is 135 Å². The van der Waals surface area contributed by atoms with E-state index in [9.17, 15) is 0 Å². The summed E-state index contributed by atoms with van der Waals surface area (Å²) < 4.78 is 0. The van der Waals surface area contributed by atoms with Gasteiger partial charge in [-0.15, -0.1) is 0 Å². The maximum Gasteiger partial charge on any atom is 0.0237 e. The summed E-state index contributed by atoms with van der Waals surface area (Å²) in [6, 6.07) is 21.5. The summed E-state index contributed by atoms with van der Waals surface area (Å²) in [4.78, 5) is 5.03. The van der Waals surface area contributed by atoms with Gasteiger partial charge < -0.3 is 4.90 Å². The molecule has 0 aliphatic rings. The van der Waals surface area contributed by atoms with Crippen molar-refractivity contribution in [3.05, 3.63) is 71.8 Å². The van der Waals surface area contributed by atoms with E-state index in [0.29, 0.717) is 0 Å². The summed E-state index contributed by atoms with van der Waals surface area (Å²) in [6.07, 6.45) is 0. The molecule has 0 aliphatic carbocycles. The van der Waals surface area contributed by atoms with Crippen molar-refractivity contribution in [3.8, 4) is 0 Å². The van der Waals surface area contributed by atoms with Crippen LogP contribution in [0.4, 0.5) is 0 Å². The number of nitrogens with zero attached hydrogens (tertiary/aromatic N) is 2. The minimum atomic E-state index is 1.01. The molecule has 0 aliphatic heterocycles. The predicted molar refractivity (Wildman–Crippen MR) is 94.8 cm³/mol. The van der Waals surface area contributed by atoms with Crippen LogP contribution in [0.5, 0.6) is 0 Å². The zero-order valence-electron chi connectivity index (χ0n) is 13.9. The Hall–Kier alpha value is -1.64. The van der Waals surface area contributed by atoms with Crippen molar-refractivity contribution in [2.45, 2.75) is 26.9 Å². The Morgan fingerprint density at radius 3 is 1.41 bits per heavy atom. The average Bonchev–Trinajstić information content (AvgIpc) is 2.57. The molecule has 0 unspecified atom stereocenters. The number of likely N-dealkylation sites (N-methyl/N-ethyl adjacent to an activating group) is 1. The molecule has 2 aromatic rings. The normalized spacial score (nSPS) is 11.3. The van der Waals surface area contributed by atoms with Gasteiger partial charge in [-0.2, -0.15) is 0 Å². The van der Waals surface area contributed by atoms with Gasteiger partial charge in [0.15, 0.2) is 0 Å². The number of benzene rings is 2. The highest BCUT2D eigenvalue weighted by Crippen LogP contribution is 2.10. The van der Waals surface area contributed by atoms with Gasteiger partial charge in [0.05, 0.1) is 0 Å². The van der Waals surface area contributed by atoms with Gasteiger partial charge in [0.1, 0.15) is 0 Å². The highest BCUT2D eigenvalue weighted by molar-refractivity contribution is 5.17. The molecule has 0 saturated heterocycles. The molecule has 2 rings (SSSR count). The molecular weight excluding hydrogens is 268 g/mol. The van der Waals surface area contributed by atoms with Crippen molar-refractivity contribution in [3.63, 3.8) is 0 Å². The molecular formula is C20H28N2. The van der Waals surface area contributed by atoms with Gasteiger partial charge in [-0.1, -0.05) is 74.5 Å². The Balaban J connectivity index is 1.99. The van der Waals surface area contributed by atoms with Crippen molar-refractivity contribution < 1.29 is 0 Å². The van der Waals surface area contributed by atoms with Crippen LogP contribution in [-0.2, 0) is 13.1 Å². The number of rotatable bonds is 9. The fourth-order valence-corrected chi connectivity index (χ4v) is 2.72. The van der Waals surface area contributed by atoms with Crippen molar-refractivity contribution in [2.75, 3.05) is 26.2 Å². The first-order chi connectivity index (χ1) is 10.8. The lowest BCUT2D eigenvalue weighted by molar-refractivity contribution is 0.202. The standard InChI is InChI=1S/C20H28N2/c1-3-21(4-2)15-16-22(17-19-11-7-5-8-12-19)18-20-13-9-6-10-14-20/h5-14H,3-4,15-18H2,1-2H3. The van der Waals surface area contributed by atoms with Crippen LogP contribution >= 0.6 is 0 Å². The summed E-state index contributed by atoms with van der Waals surface area (Å²) in [5.74, 6) is 0. The van der Waals surface area contributed by atoms with Crippen molar-refractivity contribution in [1.29, 1.82) is 0 Å². The van der Waals surface area contributed by atoms with E-state index in [1.807, 2.05) is 0 Å².